The smallest absolute Gasteiger partial charge is 0.303 e. The van der Waals surface area contributed by atoms with E-state index in [-0.39, 0.29) is 0 Å². The van der Waals surface area contributed by atoms with Crippen LogP contribution in [0.4, 0.5) is 0 Å². The van der Waals surface area contributed by atoms with Crippen molar-refractivity contribution in [3.05, 3.63) is 12.2 Å². The van der Waals surface area contributed by atoms with Crippen LogP contribution >= 0.6 is 0 Å². The van der Waals surface area contributed by atoms with E-state index in [1.807, 2.05) is 0 Å². The van der Waals surface area contributed by atoms with Gasteiger partial charge in [-0.05, 0) is 18.8 Å². The molecule has 1 saturated carbocycles. The molecule has 0 heterocycles. The Kier molecular flexibility index (Phi) is 1.56. The van der Waals surface area contributed by atoms with Crippen molar-refractivity contribution in [2.24, 2.45) is 5.92 Å². The number of carbonyl (C=O) groups is 1. The van der Waals surface area contributed by atoms with Crippen molar-refractivity contribution in [2.75, 3.05) is 0 Å². The van der Waals surface area contributed by atoms with E-state index in [9.17, 15) is 4.79 Å². The maximum atomic E-state index is 10.1. The molecule has 1 aliphatic rings. The first-order valence-corrected chi connectivity index (χ1v) is 3.07. The van der Waals surface area contributed by atoms with Gasteiger partial charge in [0, 0.05) is 6.42 Å². The summed E-state index contributed by atoms with van der Waals surface area (Å²) in [4.78, 5) is 10.1. The van der Waals surface area contributed by atoms with Gasteiger partial charge in [0.2, 0.25) is 0 Å². The van der Waals surface area contributed by atoms with Gasteiger partial charge in [0.15, 0.2) is 0 Å². The van der Waals surface area contributed by atoms with Crippen LogP contribution in [-0.2, 0) is 4.79 Å². The molecule has 0 aliphatic heterocycles. The largest absolute Gasteiger partial charge is 0.481 e. The molecule has 0 spiro atoms. The lowest BCUT2D eigenvalue weighted by Gasteiger charge is -2.26. The van der Waals surface area contributed by atoms with E-state index in [0.717, 1.165) is 12.8 Å². The third-order valence-electron chi connectivity index (χ3n) is 1.62. The second-order valence-corrected chi connectivity index (χ2v) is 2.62. The Morgan fingerprint density at radius 1 is 1.78 bits per heavy atom. The van der Waals surface area contributed by atoms with E-state index >= 15 is 0 Å². The summed E-state index contributed by atoms with van der Waals surface area (Å²) in [5, 5.41) is 8.31. The molecule has 0 aromatic heterocycles. The average Bonchev–Trinajstić information content (AvgIpc) is 1.60. The van der Waals surface area contributed by atoms with Crippen LogP contribution in [-0.4, -0.2) is 11.1 Å². The monoisotopic (exact) mass is 126 g/mol. The SMILES string of the molecule is C=C1CC(CC(=O)O)C1. The molecule has 0 atom stereocenters. The molecule has 1 N–H and O–H groups in total. The standard InChI is InChI=1S/C7H10O2/c1-5-2-6(3-5)4-7(8)9/h6H,1-4H2,(H,8,9). The van der Waals surface area contributed by atoms with Gasteiger partial charge in [-0.3, -0.25) is 4.79 Å². The molecule has 0 aromatic carbocycles. The van der Waals surface area contributed by atoms with Gasteiger partial charge in [-0.2, -0.15) is 0 Å². The number of aliphatic carboxylic acids is 1. The predicted octanol–water partition coefficient (Wildman–Crippen LogP) is 1.43. The lowest BCUT2D eigenvalue weighted by molar-refractivity contribution is -0.138. The third-order valence-corrected chi connectivity index (χ3v) is 1.62. The fraction of sp³-hybridized carbons (Fsp3) is 0.571. The Bertz CT molecular complexity index is 141. The summed E-state index contributed by atoms with van der Waals surface area (Å²) in [5.41, 5.74) is 1.20. The fourth-order valence-electron chi connectivity index (χ4n) is 1.15. The summed E-state index contributed by atoms with van der Waals surface area (Å²) in [6.07, 6.45) is 2.16. The fourth-order valence-corrected chi connectivity index (χ4v) is 1.15. The van der Waals surface area contributed by atoms with Crippen LogP contribution < -0.4 is 0 Å². The van der Waals surface area contributed by atoms with Crippen molar-refractivity contribution in [1.82, 2.24) is 0 Å². The molecule has 9 heavy (non-hydrogen) atoms. The van der Waals surface area contributed by atoms with Gasteiger partial charge >= 0.3 is 5.97 Å². The predicted molar refractivity (Wildman–Crippen MR) is 34.1 cm³/mol. The number of carboxylic acid groups (broad SMARTS) is 1. The van der Waals surface area contributed by atoms with E-state index in [4.69, 9.17) is 5.11 Å². The summed E-state index contributed by atoms with van der Waals surface area (Å²) in [6, 6.07) is 0. The highest BCUT2D eigenvalue weighted by molar-refractivity contribution is 5.67. The first-order chi connectivity index (χ1) is 4.18. The Hall–Kier alpha value is -0.790. The summed E-state index contributed by atoms with van der Waals surface area (Å²) < 4.78 is 0. The van der Waals surface area contributed by atoms with Gasteiger partial charge in [0.05, 0.1) is 0 Å². The van der Waals surface area contributed by atoms with E-state index in [1.54, 1.807) is 0 Å². The van der Waals surface area contributed by atoms with E-state index in [2.05, 4.69) is 6.58 Å². The Balaban J connectivity index is 2.18. The quantitative estimate of drug-likeness (QED) is 0.568. The molecular weight excluding hydrogens is 116 g/mol. The van der Waals surface area contributed by atoms with E-state index < -0.39 is 5.97 Å². The zero-order chi connectivity index (χ0) is 6.85. The minimum absolute atomic E-state index is 0.318. The van der Waals surface area contributed by atoms with Gasteiger partial charge in [0.1, 0.15) is 0 Å². The number of allylic oxidation sites excluding steroid dienone is 1. The molecular formula is C7H10O2. The summed E-state index contributed by atoms with van der Waals surface area (Å²) in [5.74, 6) is -0.303. The minimum Gasteiger partial charge on any atom is -0.481 e. The third kappa shape index (κ3) is 1.56. The Morgan fingerprint density at radius 2 is 2.33 bits per heavy atom. The Labute approximate surface area is 54.2 Å². The number of carboxylic acids is 1. The van der Waals surface area contributed by atoms with Crippen LogP contribution in [0.3, 0.4) is 0 Å². The molecule has 0 unspecified atom stereocenters. The molecule has 0 radical (unpaired) electrons. The van der Waals surface area contributed by atoms with Crippen LogP contribution in [0.25, 0.3) is 0 Å². The highest BCUT2D eigenvalue weighted by Crippen LogP contribution is 2.33. The van der Waals surface area contributed by atoms with Gasteiger partial charge < -0.3 is 5.11 Å². The van der Waals surface area contributed by atoms with Gasteiger partial charge in [-0.25, -0.2) is 0 Å². The van der Waals surface area contributed by atoms with E-state index in [0.29, 0.717) is 12.3 Å². The van der Waals surface area contributed by atoms with E-state index in [1.165, 1.54) is 5.57 Å². The maximum absolute atomic E-state index is 10.1. The van der Waals surface area contributed by atoms with Gasteiger partial charge in [-0.15, -0.1) is 0 Å². The lowest BCUT2D eigenvalue weighted by atomic mass is 9.79. The minimum atomic E-state index is -0.687. The molecule has 1 fully saturated rings. The first kappa shape index (κ1) is 6.33. The highest BCUT2D eigenvalue weighted by atomic mass is 16.4. The van der Waals surface area contributed by atoms with Gasteiger partial charge in [0.25, 0.3) is 0 Å². The van der Waals surface area contributed by atoms with Crippen LogP contribution in [0.15, 0.2) is 12.2 Å². The second-order valence-electron chi connectivity index (χ2n) is 2.62. The molecule has 1 rings (SSSR count). The maximum Gasteiger partial charge on any atom is 0.303 e. The van der Waals surface area contributed by atoms with Gasteiger partial charge in [-0.1, -0.05) is 12.2 Å². The zero-order valence-electron chi connectivity index (χ0n) is 5.26. The summed E-state index contributed by atoms with van der Waals surface area (Å²) in [7, 11) is 0. The first-order valence-electron chi connectivity index (χ1n) is 3.07. The topological polar surface area (TPSA) is 37.3 Å². The van der Waals surface area contributed by atoms with Crippen molar-refractivity contribution in [3.63, 3.8) is 0 Å². The number of rotatable bonds is 2. The van der Waals surface area contributed by atoms with Crippen molar-refractivity contribution in [1.29, 1.82) is 0 Å². The lowest BCUT2D eigenvalue weighted by Crippen LogP contribution is -2.17. The van der Waals surface area contributed by atoms with Crippen molar-refractivity contribution < 1.29 is 9.90 Å². The van der Waals surface area contributed by atoms with Crippen LogP contribution in [0.1, 0.15) is 19.3 Å². The van der Waals surface area contributed by atoms with Crippen LogP contribution in [0.2, 0.25) is 0 Å². The van der Waals surface area contributed by atoms with Crippen molar-refractivity contribution >= 4 is 5.97 Å². The molecule has 50 valence electrons. The van der Waals surface area contributed by atoms with Crippen molar-refractivity contribution in [3.8, 4) is 0 Å². The molecule has 0 saturated heterocycles. The average molecular weight is 126 g/mol. The number of hydrogen-bond acceptors (Lipinski definition) is 1. The molecule has 0 bridgehead atoms. The molecule has 2 nitrogen and oxygen atoms in total. The number of hydrogen-bond donors (Lipinski definition) is 1. The highest BCUT2D eigenvalue weighted by Gasteiger charge is 2.23. The van der Waals surface area contributed by atoms with Crippen LogP contribution in [0.5, 0.6) is 0 Å². The summed E-state index contributed by atoms with van der Waals surface area (Å²) in [6.45, 7) is 3.73. The normalized spacial score (nSPS) is 19.3. The summed E-state index contributed by atoms with van der Waals surface area (Å²) >= 11 is 0. The molecule has 0 amide bonds. The van der Waals surface area contributed by atoms with Crippen LogP contribution in [0, 0.1) is 5.92 Å². The Morgan fingerprint density at radius 3 is 2.67 bits per heavy atom. The molecule has 2 heteroatoms. The van der Waals surface area contributed by atoms with Crippen molar-refractivity contribution in [2.45, 2.75) is 19.3 Å². The molecule has 0 aromatic rings. The molecule has 1 aliphatic carbocycles. The zero-order valence-corrected chi connectivity index (χ0v) is 5.26. The second kappa shape index (κ2) is 2.21.